The predicted octanol–water partition coefficient (Wildman–Crippen LogP) is 3.74. The van der Waals surface area contributed by atoms with Gasteiger partial charge in [-0.1, -0.05) is 0 Å². The maximum absolute atomic E-state index is 12.3. The molecule has 0 bridgehead atoms. The lowest BCUT2D eigenvalue weighted by molar-refractivity contribution is -0.143. The average molecular weight is 244 g/mol. The number of hydrogen-bond acceptors (Lipinski definition) is 1. The van der Waals surface area contributed by atoms with Crippen LogP contribution >= 0.6 is 0 Å². The topological polar surface area (TPSA) is 20.2 Å². The van der Waals surface area contributed by atoms with Gasteiger partial charge in [0.05, 0.1) is 11.1 Å². The predicted molar refractivity (Wildman–Crippen MR) is 42.8 cm³/mol. The zero-order valence-electron chi connectivity index (χ0n) is 7.87. The third-order valence-corrected chi connectivity index (χ3v) is 2.01. The Morgan fingerprint density at radius 3 is 1.81 bits per heavy atom. The van der Waals surface area contributed by atoms with Crippen LogP contribution in [-0.4, -0.2) is 5.11 Å². The third-order valence-electron chi connectivity index (χ3n) is 2.01. The van der Waals surface area contributed by atoms with Crippen molar-refractivity contribution in [2.75, 3.05) is 0 Å². The number of alkyl halides is 6. The molecule has 0 aliphatic carbocycles. The molecule has 0 radical (unpaired) electrons. The Hall–Kier alpha value is -1.40. The van der Waals surface area contributed by atoms with Gasteiger partial charge in [0, 0.05) is 5.56 Å². The number of phenolic OH excluding ortho intramolecular Hbond substituents is 1. The van der Waals surface area contributed by atoms with Crippen molar-refractivity contribution < 1.29 is 31.4 Å². The first-order chi connectivity index (χ1) is 7.03. The molecular weight excluding hydrogens is 238 g/mol. The van der Waals surface area contributed by atoms with Crippen molar-refractivity contribution in [3.8, 4) is 5.75 Å². The Labute approximate surface area is 86.3 Å². The van der Waals surface area contributed by atoms with Gasteiger partial charge in [0.2, 0.25) is 0 Å². The number of halogens is 6. The lowest BCUT2D eigenvalue weighted by Gasteiger charge is -2.15. The molecule has 0 saturated heterocycles. The number of aromatic hydroxyl groups is 1. The minimum absolute atomic E-state index is 0.0188. The number of rotatable bonds is 0. The first-order valence-corrected chi connectivity index (χ1v) is 4.01. The van der Waals surface area contributed by atoms with Gasteiger partial charge < -0.3 is 5.11 Å². The smallest absolute Gasteiger partial charge is 0.416 e. The van der Waals surface area contributed by atoms with Gasteiger partial charge in [-0.2, -0.15) is 26.3 Å². The molecule has 0 spiro atoms. The minimum Gasteiger partial charge on any atom is -0.508 e. The molecule has 1 aromatic rings. The fraction of sp³-hybridized carbons (Fsp3) is 0.333. The fourth-order valence-electron chi connectivity index (χ4n) is 1.16. The summed E-state index contributed by atoms with van der Waals surface area (Å²) in [6.45, 7) is 0.901. The SMILES string of the molecule is Cc1c(O)cc(C(F)(F)F)cc1C(F)(F)F. The fourth-order valence-corrected chi connectivity index (χ4v) is 1.16. The van der Waals surface area contributed by atoms with Gasteiger partial charge >= 0.3 is 12.4 Å². The summed E-state index contributed by atoms with van der Waals surface area (Å²) in [6, 6.07) is 0.250. The van der Waals surface area contributed by atoms with Gasteiger partial charge in [-0.3, -0.25) is 0 Å². The lowest BCUT2D eigenvalue weighted by Crippen LogP contribution is -2.12. The van der Waals surface area contributed by atoms with Crippen LogP contribution in [0.5, 0.6) is 5.75 Å². The van der Waals surface area contributed by atoms with Crippen molar-refractivity contribution in [1.29, 1.82) is 0 Å². The van der Waals surface area contributed by atoms with E-state index < -0.39 is 34.8 Å². The van der Waals surface area contributed by atoms with Gasteiger partial charge in [-0.25, -0.2) is 0 Å². The van der Waals surface area contributed by atoms with Crippen molar-refractivity contribution in [2.24, 2.45) is 0 Å². The van der Waals surface area contributed by atoms with E-state index in [2.05, 4.69) is 0 Å². The van der Waals surface area contributed by atoms with Crippen molar-refractivity contribution in [1.82, 2.24) is 0 Å². The normalized spacial score (nSPS) is 12.9. The second kappa shape index (κ2) is 3.57. The Bertz CT molecular complexity index is 404. The van der Waals surface area contributed by atoms with Gasteiger partial charge in [-0.15, -0.1) is 0 Å². The van der Waals surface area contributed by atoms with Crippen molar-refractivity contribution in [3.63, 3.8) is 0 Å². The number of hydrogen-bond donors (Lipinski definition) is 1. The minimum atomic E-state index is -4.93. The average Bonchev–Trinajstić information content (AvgIpc) is 2.05. The van der Waals surface area contributed by atoms with Crippen molar-refractivity contribution in [3.05, 3.63) is 28.8 Å². The van der Waals surface area contributed by atoms with Gasteiger partial charge in [0.15, 0.2) is 0 Å². The highest BCUT2D eigenvalue weighted by molar-refractivity contribution is 5.44. The molecule has 0 unspecified atom stereocenters. The molecule has 1 nitrogen and oxygen atoms in total. The summed E-state index contributed by atoms with van der Waals surface area (Å²) in [7, 11) is 0. The highest BCUT2D eigenvalue weighted by Crippen LogP contribution is 2.40. The van der Waals surface area contributed by atoms with Crippen LogP contribution in [0.1, 0.15) is 16.7 Å². The summed E-state index contributed by atoms with van der Waals surface area (Å²) in [5, 5.41) is 9.01. The molecule has 1 aromatic carbocycles. The highest BCUT2D eigenvalue weighted by atomic mass is 19.4. The van der Waals surface area contributed by atoms with E-state index in [4.69, 9.17) is 5.11 Å². The van der Waals surface area contributed by atoms with Crippen LogP contribution in [0.3, 0.4) is 0 Å². The Balaban J connectivity index is 3.46. The summed E-state index contributed by atoms with van der Waals surface area (Å²) in [4.78, 5) is 0. The number of benzene rings is 1. The maximum Gasteiger partial charge on any atom is 0.416 e. The Kier molecular flexibility index (Phi) is 2.82. The summed E-state index contributed by atoms with van der Waals surface area (Å²) in [5.74, 6) is -1.03. The molecule has 1 rings (SSSR count). The van der Waals surface area contributed by atoms with Crippen LogP contribution in [0.25, 0.3) is 0 Å². The summed E-state index contributed by atoms with van der Waals surface area (Å²) in [6.07, 6.45) is -9.85. The molecule has 0 saturated carbocycles. The molecule has 0 aliphatic heterocycles. The van der Waals surface area contributed by atoms with E-state index >= 15 is 0 Å². The molecule has 0 atom stereocenters. The van der Waals surface area contributed by atoms with Gasteiger partial charge in [0.25, 0.3) is 0 Å². The summed E-state index contributed by atoms with van der Waals surface area (Å²) in [5.41, 5.74) is -3.64. The van der Waals surface area contributed by atoms with Crippen molar-refractivity contribution in [2.45, 2.75) is 19.3 Å². The van der Waals surface area contributed by atoms with Crippen LogP contribution in [0.4, 0.5) is 26.3 Å². The van der Waals surface area contributed by atoms with Gasteiger partial charge in [-0.05, 0) is 19.1 Å². The second-order valence-electron chi connectivity index (χ2n) is 3.16. The molecule has 0 amide bonds. The first kappa shape index (κ1) is 12.7. The van der Waals surface area contributed by atoms with E-state index in [1.54, 1.807) is 0 Å². The largest absolute Gasteiger partial charge is 0.508 e. The zero-order valence-corrected chi connectivity index (χ0v) is 7.87. The Morgan fingerprint density at radius 1 is 0.938 bits per heavy atom. The van der Waals surface area contributed by atoms with Gasteiger partial charge in [0.1, 0.15) is 5.75 Å². The van der Waals surface area contributed by atoms with E-state index in [1.807, 2.05) is 0 Å². The molecule has 0 fully saturated rings. The van der Waals surface area contributed by atoms with E-state index in [1.165, 1.54) is 0 Å². The third kappa shape index (κ3) is 2.40. The molecular formula is C9H6F6O. The van der Waals surface area contributed by atoms with Crippen LogP contribution in [0, 0.1) is 6.92 Å². The van der Waals surface area contributed by atoms with E-state index in [0.29, 0.717) is 0 Å². The molecule has 0 aromatic heterocycles. The quantitative estimate of drug-likeness (QED) is 0.689. The van der Waals surface area contributed by atoms with E-state index in [0.717, 1.165) is 6.92 Å². The molecule has 7 heteroatoms. The summed E-state index contributed by atoms with van der Waals surface area (Å²) < 4.78 is 73.5. The van der Waals surface area contributed by atoms with Crippen LogP contribution in [0.2, 0.25) is 0 Å². The summed E-state index contributed by atoms with van der Waals surface area (Å²) >= 11 is 0. The molecule has 0 heterocycles. The Morgan fingerprint density at radius 2 is 1.44 bits per heavy atom. The monoisotopic (exact) mass is 244 g/mol. The van der Waals surface area contributed by atoms with Crippen LogP contribution in [-0.2, 0) is 12.4 Å². The standard InChI is InChI=1S/C9H6F6O/c1-4-6(9(13,14)15)2-5(3-7(4)16)8(10,11)12/h2-3,16H,1H3. The molecule has 1 N–H and O–H groups in total. The highest BCUT2D eigenvalue weighted by Gasteiger charge is 2.38. The first-order valence-electron chi connectivity index (χ1n) is 4.01. The molecule has 0 aliphatic rings. The second-order valence-corrected chi connectivity index (χ2v) is 3.16. The van der Waals surface area contributed by atoms with E-state index in [9.17, 15) is 26.3 Å². The number of phenols is 1. The van der Waals surface area contributed by atoms with E-state index in [-0.39, 0.29) is 12.1 Å². The van der Waals surface area contributed by atoms with Crippen molar-refractivity contribution >= 4 is 0 Å². The molecule has 16 heavy (non-hydrogen) atoms. The zero-order chi connectivity index (χ0) is 12.7. The van der Waals surface area contributed by atoms with Crippen LogP contribution in [0.15, 0.2) is 12.1 Å². The van der Waals surface area contributed by atoms with Crippen LogP contribution < -0.4 is 0 Å². The molecule has 90 valence electrons. The maximum atomic E-state index is 12.3. The lowest BCUT2D eigenvalue weighted by atomic mass is 10.0.